The fraction of sp³-hybridized carbons (Fsp3) is 0.0500. The van der Waals surface area contributed by atoms with Crippen LogP contribution < -0.4 is 10.1 Å². The monoisotopic (exact) mass is 346 g/mol. The van der Waals surface area contributed by atoms with E-state index < -0.39 is 0 Å². The molecule has 2 aromatic heterocycles. The van der Waals surface area contributed by atoms with Crippen LogP contribution in [0.2, 0.25) is 0 Å². The predicted octanol–water partition coefficient (Wildman–Crippen LogP) is 4.58. The first kappa shape index (κ1) is 16.0. The highest BCUT2D eigenvalue weighted by Crippen LogP contribution is 2.30. The summed E-state index contributed by atoms with van der Waals surface area (Å²) in [7, 11) is 1.59. The van der Waals surface area contributed by atoms with Crippen molar-refractivity contribution in [3.63, 3.8) is 0 Å². The Morgan fingerprint density at radius 2 is 1.88 bits per heavy atom. The Hall–Kier alpha value is -3.54. The fourth-order valence-electron chi connectivity index (χ4n) is 2.64. The lowest BCUT2D eigenvalue weighted by molar-refractivity contribution is 0.415. The molecule has 6 heteroatoms. The van der Waals surface area contributed by atoms with E-state index in [1.807, 2.05) is 30.3 Å². The molecular weight excluding hydrogens is 331 g/mol. The van der Waals surface area contributed by atoms with Crippen molar-refractivity contribution in [1.82, 2.24) is 15.0 Å². The highest BCUT2D eigenvalue weighted by molar-refractivity contribution is 5.93. The number of halogens is 1. The molecule has 1 N–H and O–H groups in total. The van der Waals surface area contributed by atoms with E-state index in [0.29, 0.717) is 23.1 Å². The topological polar surface area (TPSA) is 59.9 Å². The molecule has 128 valence electrons. The number of methoxy groups -OCH3 is 1. The Morgan fingerprint density at radius 3 is 2.65 bits per heavy atom. The lowest BCUT2D eigenvalue weighted by Crippen LogP contribution is -2.01. The van der Waals surface area contributed by atoms with Gasteiger partial charge < -0.3 is 10.1 Å². The number of hydrogen-bond donors (Lipinski definition) is 1. The maximum Gasteiger partial charge on any atom is 0.163 e. The minimum atomic E-state index is -0.356. The van der Waals surface area contributed by atoms with Gasteiger partial charge in [-0.15, -0.1) is 0 Å². The Bertz CT molecular complexity index is 1070. The van der Waals surface area contributed by atoms with Gasteiger partial charge in [-0.25, -0.2) is 14.4 Å². The van der Waals surface area contributed by atoms with Gasteiger partial charge in [0.2, 0.25) is 0 Å². The number of pyridine rings is 1. The molecule has 0 saturated heterocycles. The third kappa shape index (κ3) is 3.04. The Morgan fingerprint density at radius 1 is 1.00 bits per heavy atom. The number of ether oxygens (including phenoxy) is 1. The quantitative estimate of drug-likeness (QED) is 0.586. The molecule has 5 nitrogen and oxygen atoms in total. The Kier molecular flexibility index (Phi) is 4.15. The van der Waals surface area contributed by atoms with Gasteiger partial charge in [0.15, 0.2) is 5.82 Å². The fourth-order valence-corrected chi connectivity index (χ4v) is 2.64. The third-order valence-electron chi connectivity index (χ3n) is 3.95. The van der Waals surface area contributed by atoms with Crippen LogP contribution in [0.25, 0.3) is 22.3 Å². The summed E-state index contributed by atoms with van der Waals surface area (Å²) in [5, 5.41) is 3.81. The zero-order valence-electron chi connectivity index (χ0n) is 14.0. The minimum Gasteiger partial charge on any atom is -0.497 e. The summed E-state index contributed by atoms with van der Waals surface area (Å²) >= 11 is 0. The van der Waals surface area contributed by atoms with Crippen molar-refractivity contribution in [2.75, 3.05) is 12.4 Å². The second kappa shape index (κ2) is 6.76. The van der Waals surface area contributed by atoms with Gasteiger partial charge >= 0.3 is 0 Å². The summed E-state index contributed by atoms with van der Waals surface area (Å²) in [5.41, 5.74) is 1.84. The van der Waals surface area contributed by atoms with Gasteiger partial charge in [-0.2, -0.15) is 0 Å². The van der Waals surface area contributed by atoms with Crippen molar-refractivity contribution in [2.45, 2.75) is 0 Å². The second-order valence-electron chi connectivity index (χ2n) is 5.63. The maximum atomic E-state index is 14.1. The summed E-state index contributed by atoms with van der Waals surface area (Å²) < 4.78 is 19.4. The summed E-state index contributed by atoms with van der Waals surface area (Å²) in [6, 6.07) is 15.7. The van der Waals surface area contributed by atoms with E-state index in [4.69, 9.17) is 4.74 Å². The van der Waals surface area contributed by atoms with Gasteiger partial charge in [0.1, 0.15) is 17.4 Å². The van der Waals surface area contributed by atoms with Crippen LogP contribution in [-0.2, 0) is 0 Å². The molecule has 0 amide bonds. The van der Waals surface area contributed by atoms with Crippen LogP contribution in [0, 0.1) is 5.82 Å². The first-order valence-corrected chi connectivity index (χ1v) is 8.02. The van der Waals surface area contributed by atoms with E-state index in [1.165, 1.54) is 6.07 Å². The molecular formula is C20H15FN4O. The van der Waals surface area contributed by atoms with Crippen molar-refractivity contribution in [3.8, 4) is 17.1 Å². The zero-order valence-corrected chi connectivity index (χ0v) is 14.0. The van der Waals surface area contributed by atoms with Crippen LogP contribution >= 0.6 is 0 Å². The Balaban J connectivity index is 1.91. The molecule has 0 bridgehead atoms. The Labute approximate surface area is 149 Å². The SMILES string of the molecule is COc1ccc2nc(-c3cccnc3)nc(Nc3ccccc3F)c2c1. The first-order chi connectivity index (χ1) is 12.7. The maximum absolute atomic E-state index is 14.1. The van der Waals surface area contributed by atoms with Crippen LogP contribution in [0.5, 0.6) is 5.75 Å². The summed E-state index contributed by atoms with van der Waals surface area (Å²) in [6.45, 7) is 0. The lowest BCUT2D eigenvalue weighted by Gasteiger charge is -2.12. The second-order valence-corrected chi connectivity index (χ2v) is 5.63. The van der Waals surface area contributed by atoms with E-state index in [1.54, 1.807) is 37.7 Å². The number of hydrogen-bond acceptors (Lipinski definition) is 5. The number of nitrogens with zero attached hydrogens (tertiary/aromatic N) is 3. The summed E-state index contributed by atoms with van der Waals surface area (Å²) in [5.74, 6) is 1.32. The zero-order chi connectivity index (χ0) is 17.9. The molecule has 0 unspecified atom stereocenters. The van der Waals surface area contributed by atoms with Crippen LogP contribution in [0.15, 0.2) is 67.0 Å². The van der Waals surface area contributed by atoms with E-state index in [-0.39, 0.29) is 5.82 Å². The van der Waals surface area contributed by atoms with Crippen molar-refractivity contribution in [3.05, 3.63) is 72.8 Å². The molecule has 26 heavy (non-hydrogen) atoms. The highest BCUT2D eigenvalue weighted by Gasteiger charge is 2.12. The standard InChI is InChI=1S/C20H15FN4O/c1-26-14-8-9-17-15(11-14)20(24-18-7-3-2-6-16(18)21)25-19(23-17)13-5-4-10-22-12-13/h2-12H,1H3,(H,23,24,25). The average Bonchev–Trinajstić information content (AvgIpc) is 2.70. The normalized spacial score (nSPS) is 10.7. The van der Waals surface area contributed by atoms with Crippen molar-refractivity contribution in [1.29, 1.82) is 0 Å². The van der Waals surface area contributed by atoms with Crippen LogP contribution in [0.1, 0.15) is 0 Å². The average molecular weight is 346 g/mol. The molecule has 4 rings (SSSR count). The van der Waals surface area contributed by atoms with E-state index in [0.717, 1.165) is 16.5 Å². The molecule has 0 saturated carbocycles. The smallest absolute Gasteiger partial charge is 0.163 e. The van der Waals surface area contributed by atoms with Gasteiger partial charge in [0.25, 0.3) is 0 Å². The molecule has 0 aliphatic carbocycles. The number of para-hydroxylation sites is 1. The van der Waals surface area contributed by atoms with Crippen LogP contribution in [0.3, 0.4) is 0 Å². The molecule has 2 aromatic carbocycles. The molecule has 2 heterocycles. The lowest BCUT2D eigenvalue weighted by atomic mass is 10.2. The molecule has 0 radical (unpaired) electrons. The molecule has 0 fully saturated rings. The number of nitrogens with one attached hydrogen (secondary N) is 1. The number of aromatic nitrogens is 3. The molecule has 4 aromatic rings. The molecule has 0 atom stereocenters. The van der Waals surface area contributed by atoms with Gasteiger partial charge in [0.05, 0.1) is 18.3 Å². The largest absolute Gasteiger partial charge is 0.497 e. The highest BCUT2D eigenvalue weighted by atomic mass is 19.1. The van der Waals surface area contributed by atoms with E-state index >= 15 is 0 Å². The van der Waals surface area contributed by atoms with Gasteiger partial charge in [-0.05, 0) is 42.5 Å². The van der Waals surface area contributed by atoms with Crippen molar-refractivity contribution < 1.29 is 9.13 Å². The first-order valence-electron chi connectivity index (χ1n) is 8.02. The van der Waals surface area contributed by atoms with Crippen LogP contribution in [0.4, 0.5) is 15.9 Å². The summed E-state index contributed by atoms with van der Waals surface area (Å²) in [4.78, 5) is 13.3. The number of anilines is 2. The van der Waals surface area contributed by atoms with Gasteiger partial charge in [0, 0.05) is 23.3 Å². The number of benzene rings is 2. The van der Waals surface area contributed by atoms with Gasteiger partial charge in [-0.1, -0.05) is 12.1 Å². The number of rotatable bonds is 4. The number of fused-ring (bicyclic) bond motifs is 1. The molecule has 0 aliphatic heterocycles. The van der Waals surface area contributed by atoms with E-state index in [9.17, 15) is 4.39 Å². The van der Waals surface area contributed by atoms with E-state index in [2.05, 4.69) is 20.3 Å². The van der Waals surface area contributed by atoms with Crippen molar-refractivity contribution in [2.24, 2.45) is 0 Å². The molecule has 0 aliphatic rings. The van der Waals surface area contributed by atoms with Crippen molar-refractivity contribution >= 4 is 22.4 Å². The minimum absolute atomic E-state index is 0.340. The third-order valence-corrected chi connectivity index (χ3v) is 3.95. The van der Waals surface area contributed by atoms with Gasteiger partial charge in [-0.3, -0.25) is 4.98 Å². The molecule has 0 spiro atoms. The van der Waals surface area contributed by atoms with Crippen LogP contribution in [-0.4, -0.2) is 22.1 Å². The summed E-state index contributed by atoms with van der Waals surface area (Å²) in [6.07, 6.45) is 3.38. The predicted molar refractivity (Wildman–Crippen MR) is 99.0 cm³/mol.